The van der Waals surface area contributed by atoms with E-state index in [9.17, 15) is 4.79 Å². The van der Waals surface area contributed by atoms with Gasteiger partial charge in [-0.15, -0.1) is 0 Å². The molecule has 0 fully saturated rings. The predicted molar refractivity (Wildman–Crippen MR) is 50.0 cm³/mol. The molecule has 3 heteroatoms. The van der Waals surface area contributed by atoms with E-state index in [2.05, 4.69) is 4.74 Å². The second-order valence-corrected chi connectivity index (χ2v) is 3.14. The van der Waals surface area contributed by atoms with Crippen molar-refractivity contribution < 1.29 is 9.53 Å². The highest BCUT2D eigenvalue weighted by molar-refractivity contribution is 7.08. The van der Waals surface area contributed by atoms with E-state index >= 15 is 0 Å². The molecule has 0 spiro atoms. The lowest BCUT2D eigenvalue weighted by molar-refractivity contribution is -0.134. The van der Waals surface area contributed by atoms with Crippen LogP contribution in [0.1, 0.15) is 12.5 Å². The van der Waals surface area contributed by atoms with Gasteiger partial charge in [0, 0.05) is 6.08 Å². The summed E-state index contributed by atoms with van der Waals surface area (Å²) in [7, 11) is 1.37. The van der Waals surface area contributed by atoms with Gasteiger partial charge in [0.2, 0.25) is 0 Å². The zero-order valence-electron chi connectivity index (χ0n) is 7.03. The standard InChI is InChI=1S/C9H10O2S/c1-7(5-9(10)11-2)8-3-4-12-6-8/h3-6H,1-2H3/b7-5+. The summed E-state index contributed by atoms with van der Waals surface area (Å²) in [4.78, 5) is 10.8. The first-order chi connectivity index (χ1) is 5.74. The van der Waals surface area contributed by atoms with E-state index in [1.165, 1.54) is 13.2 Å². The van der Waals surface area contributed by atoms with Crippen LogP contribution in [0.2, 0.25) is 0 Å². The van der Waals surface area contributed by atoms with Crippen LogP contribution < -0.4 is 0 Å². The van der Waals surface area contributed by atoms with Crippen LogP contribution in [0, 0.1) is 0 Å². The number of rotatable bonds is 2. The molecule has 0 atom stereocenters. The molecule has 2 nitrogen and oxygen atoms in total. The first-order valence-electron chi connectivity index (χ1n) is 3.53. The molecular weight excluding hydrogens is 172 g/mol. The summed E-state index contributed by atoms with van der Waals surface area (Å²) in [5.74, 6) is -0.307. The number of esters is 1. The Morgan fingerprint density at radius 1 is 1.67 bits per heavy atom. The highest BCUT2D eigenvalue weighted by atomic mass is 32.1. The molecule has 1 rings (SSSR count). The van der Waals surface area contributed by atoms with Crippen molar-refractivity contribution in [3.05, 3.63) is 28.5 Å². The Labute approximate surface area is 75.5 Å². The molecule has 0 aliphatic carbocycles. The van der Waals surface area contributed by atoms with Crippen molar-refractivity contribution in [1.29, 1.82) is 0 Å². The number of hydrogen-bond donors (Lipinski definition) is 0. The molecule has 0 aliphatic heterocycles. The highest BCUT2D eigenvalue weighted by Crippen LogP contribution is 2.16. The average Bonchev–Trinajstić information content (AvgIpc) is 2.56. The summed E-state index contributed by atoms with van der Waals surface area (Å²) in [5, 5.41) is 3.97. The van der Waals surface area contributed by atoms with Crippen LogP contribution in [0.5, 0.6) is 0 Å². The van der Waals surface area contributed by atoms with Crippen LogP contribution >= 0.6 is 11.3 Å². The minimum absolute atomic E-state index is 0.307. The number of allylic oxidation sites excluding steroid dienone is 1. The lowest BCUT2D eigenvalue weighted by Gasteiger charge is -1.95. The molecule has 0 saturated carbocycles. The van der Waals surface area contributed by atoms with Gasteiger partial charge in [-0.2, -0.15) is 11.3 Å². The van der Waals surface area contributed by atoms with Gasteiger partial charge in [0.05, 0.1) is 7.11 Å². The van der Waals surface area contributed by atoms with Crippen LogP contribution in [0.4, 0.5) is 0 Å². The van der Waals surface area contributed by atoms with E-state index in [1.807, 2.05) is 23.8 Å². The number of carbonyl (C=O) groups excluding carboxylic acids is 1. The molecule has 0 saturated heterocycles. The Bertz CT molecular complexity index is 285. The van der Waals surface area contributed by atoms with Crippen molar-refractivity contribution in [2.24, 2.45) is 0 Å². The van der Waals surface area contributed by atoms with E-state index < -0.39 is 0 Å². The van der Waals surface area contributed by atoms with E-state index in [0.29, 0.717) is 0 Å². The third-order valence-electron chi connectivity index (χ3n) is 1.51. The number of hydrogen-bond acceptors (Lipinski definition) is 3. The minimum atomic E-state index is -0.307. The minimum Gasteiger partial charge on any atom is -0.466 e. The van der Waals surface area contributed by atoms with Gasteiger partial charge < -0.3 is 4.74 Å². The SMILES string of the molecule is COC(=O)/C=C(\C)c1ccsc1. The molecule has 0 radical (unpaired) electrons. The highest BCUT2D eigenvalue weighted by Gasteiger charge is 1.99. The molecule has 0 amide bonds. The molecule has 0 unspecified atom stereocenters. The van der Waals surface area contributed by atoms with Crippen molar-refractivity contribution in [3.63, 3.8) is 0 Å². The van der Waals surface area contributed by atoms with Crippen molar-refractivity contribution in [2.75, 3.05) is 7.11 Å². The van der Waals surface area contributed by atoms with Crippen molar-refractivity contribution in [2.45, 2.75) is 6.92 Å². The maximum Gasteiger partial charge on any atom is 0.330 e. The average molecular weight is 182 g/mol. The topological polar surface area (TPSA) is 26.3 Å². The fourth-order valence-electron chi connectivity index (χ4n) is 0.808. The normalized spacial score (nSPS) is 11.3. The van der Waals surface area contributed by atoms with Crippen LogP contribution in [-0.4, -0.2) is 13.1 Å². The number of ether oxygens (including phenoxy) is 1. The van der Waals surface area contributed by atoms with Crippen molar-refractivity contribution in [3.8, 4) is 0 Å². The smallest absolute Gasteiger partial charge is 0.330 e. The number of methoxy groups -OCH3 is 1. The molecule has 1 aromatic rings. The zero-order valence-corrected chi connectivity index (χ0v) is 7.85. The van der Waals surface area contributed by atoms with E-state index in [4.69, 9.17) is 0 Å². The molecular formula is C9H10O2S. The lowest BCUT2D eigenvalue weighted by Crippen LogP contribution is -1.95. The maximum absolute atomic E-state index is 10.8. The molecule has 12 heavy (non-hydrogen) atoms. The van der Waals surface area contributed by atoms with Crippen molar-refractivity contribution >= 4 is 22.9 Å². The Morgan fingerprint density at radius 3 is 2.92 bits per heavy atom. The maximum atomic E-state index is 10.8. The van der Waals surface area contributed by atoms with Crippen LogP contribution in [0.15, 0.2) is 22.9 Å². The lowest BCUT2D eigenvalue weighted by atomic mass is 10.1. The van der Waals surface area contributed by atoms with Crippen LogP contribution in [-0.2, 0) is 9.53 Å². The second-order valence-electron chi connectivity index (χ2n) is 2.36. The quantitative estimate of drug-likeness (QED) is 0.518. The van der Waals surface area contributed by atoms with Gasteiger partial charge in [-0.25, -0.2) is 4.79 Å². The van der Waals surface area contributed by atoms with E-state index in [-0.39, 0.29) is 5.97 Å². The molecule has 0 bridgehead atoms. The van der Waals surface area contributed by atoms with Gasteiger partial charge >= 0.3 is 5.97 Å². The predicted octanol–water partition coefficient (Wildman–Crippen LogP) is 2.32. The Balaban J connectivity index is 2.77. The van der Waals surface area contributed by atoms with E-state index in [1.54, 1.807) is 11.3 Å². The summed E-state index contributed by atoms with van der Waals surface area (Å²) < 4.78 is 4.51. The summed E-state index contributed by atoms with van der Waals surface area (Å²) in [5.41, 5.74) is 2.01. The summed E-state index contributed by atoms with van der Waals surface area (Å²) in [6, 6.07) is 1.97. The van der Waals surface area contributed by atoms with Crippen LogP contribution in [0.3, 0.4) is 0 Å². The fraction of sp³-hybridized carbons (Fsp3) is 0.222. The van der Waals surface area contributed by atoms with Gasteiger partial charge in [0.15, 0.2) is 0 Å². The summed E-state index contributed by atoms with van der Waals surface area (Å²) in [6.45, 7) is 1.89. The molecule has 0 aliphatic rings. The monoisotopic (exact) mass is 182 g/mol. The Hall–Kier alpha value is -1.09. The molecule has 0 aromatic carbocycles. The third-order valence-corrected chi connectivity index (χ3v) is 2.20. The van der Waals surface area contributed by atoms with Gasteiger partial charge in [0.25, 0.3) is 0 Å². The van der Waals surface area contributed by atoms with Gasteiger partial charge in [-0.05, 0) is 34.9 Å². The molecule has 1 heterocycles. The fourth-order valence-corrected chi connectivity index (χ4v) is 1.52. The zero-order chi connectivity index (χ0) is 8.97. The van der Waals surface area contributed by atoms with Gasteiger partial charge in [-0.3, -0.25) is 0 Å². The van der Waals surface area contributed by atoms with Crippen LogP contribution in [0.25, 0.3) is 5.57 Å². The number of thiophene rings is 1. The first-order valence-corrected chi connectivity index (χ1v) is 4.47. The largest absolute Gasteiger partial charge is 0.466 e. The molecule has 1 aromatic heterocycles. The third kappa shape index (κ3) is 2.20. The summed E-state index contributed by atoms with van der Waals surface area (Å²) in [6.07, 6.45) is 1.49. The first kappa shape index (κ1) is 9.00. The molecule has 64 valence electrons. The van der Waals surface area contributed by atoms with Crippen molar-refractivity contribution in [1.82, 2.24) is 0 Å². The second kappa shape index (κ2) is 4.07. The number of carbonyl (C=O) groups is 1. The van der Waals surface area contributed by atoms with Gasteiger partial charge in [0.1, 0.15) is 0 Å². The Morgan fingerprint density at radius 2 is 2.42 bits per heavy atom. The van der Waals surface area contributed by atoms with Gasteiger partial charge in [-0.1, -0.05) is 0 Å². The Kier molecular flexibility index (Phi) is 3.05. The molecule has 0 N–H and O–H groups in total. The van der Waals surface area contributed by atoms with E-state index in [0.717, 1.165) is 11.1 Å². The summed E-state index contributed by atoms with van der Waals surface area (Å²) >= 11 is 1.61.